The van der Waals surface area contributed by atoms with Crippen LogP contribution in [0.5, 0.6) is 5.75 Å². The number of hydrogen-bond donors (Lipinski definition) is 1. The van der Waals surface area contributed by atoms with E-state index in [4.69, 9.17) is 4.74 Å². The molecule has 3 rings (SSSR count). The SMILES string of the molecule is O=C(COc1cccc2ccccc12)Nc1ccc(Br)cc1F. The molecule has 1 N–H and O–H groups in total. The minimum absolute atomic E-state index is 0.125. The van der Waals surface area contributed by atoms with E-state index in [2.05, 4.69) is 21.2 Å². The van der Waals surface area contributed by atoms with Crippen molar-refractivity contribution in [2.75, 3.05) is 11.9 Å². The lowest BCUT2D eigenvalue weighted by Crippen LogP contribution is -2.20. The summed E-state index contributed by atoms with van der Waals surface area (Å²) in [5.74, 6) is -0.299. The van der Waals surface area contributed by atoms with E-state index in [9.17, 15) is 9.18 Å². The van der Waals surface area contributed by atoms with Crippen molar-refractivity contribution in [3.63, 3.8) is 0 Å². The van der Waals surface area contributed by atoms with Gasteiger partial charge in [0, 0.05) is 9.86 Å². The van der Waals surface area contributed by atoms with Crippen LogP contribution in [-0.4, -0.2) is 12.5 Å². The molecule has 0 heterocycles. The van der Waals surface area contributed by atoms with E-state index >= 15 is 0 Å². The van der Waals surface area contributed by atoms with Gasteiger partial charge in [-0.25, -0.2) is 4.39 Å². The predicted molar refractivity (Wildman–Crippen MR) is 92.2 cm³/mol. The summed E-state index contributed by atoms with van der Waals surface area (Å²) in [6.07, 6.45) is 0. The Morgan fingerprint density at radius 1 is 1.09 bits per heavy atom. The summed E-state index contributed by atoms with van der Waals surface area (Å²) in [7, 11) is 0. The molecule has 0 aromatic heterocycles. The quantitative estimate of drug-likeness (QED) is 0.715. The van der Waals surface area contributed by atoms with Crippen LogP contribution >= 0.6 is 15.9 Å². The average molecular weight is 374 g/mol. The van der Waals surface area contributed by atoms with E-state index in [0.29, 0.717) is 10.2 Å². The van der Waals surface area contributed by atoms with Gasteiger partial charge in [0.25, 0.3) is 5.91 Å². The van der Waals surface area contributed by atoms with Crippen molar-refractivity contribution in [1.29, 1.82) is 0 Å². The molecule has 0 aliphatic heterocycles. The molecule has 0 unspecified atom stereocenters. The van der Waals surface area contributed by atoms with Crippen LogP contribution in [0.25, 0.3) is 10.8 Å². The van der Waals surface area contributed by atoms with Gasteiger partial charge in [-0.05, 0) is 29.7 Å². The fourth-order valence-corrected chi connectivity index (χ4v) is 2.58. The molecule has 0 radical (unpaired) electrons. The normalized spacial score (nSPS) is 10.5. The molecule has 0 saturated carbocycles. The van der Waals surface area contributed by atoms with Gasteiger partial charge in [-0.1, -0.05) is 52.3 Å². The van der Waals surface area contributed by atoms with E-state index in [1.54, 1.807) is 12.1 Å². The maximum atomic E-state index is 13.7. The molecule has 0 bridgehead atoms. The van der Waals surface area contributed by atoms with E-state index in [-0.39, 0.29) is 12.3 Å². The maximum Gasteiger partial charge on any atom is 0.262 e. The smallest absolute Gasteiger partial charge is 0.262 e. The van der Waals surface area contributed by atoms with Crippen LogP contribution in [0, 0.1) is 5.82 Å². The molecule has 0 spiro atoms. The zero-order chi connectivity index (χ0) is 16.2. The largest absolute Gasteiger partial charge is 0.483 e. The van der Waals surface area contributed by atoms with E-state index < -0.39 is 11.7 Å². The molecule has 3 aromatic carbocycles. The zero-order valence-electron chi connectivity index (χ0n) is 12.1. The Morgan fingerprint density at radius 2 is 1.87 bits per heavy atom. The maximum absolute atomic E-state index is 13.7. The number of halogens is 2. The highest BCUT2D eigenvalue weighted by atomic mass is 79.9. The number of ether oxygens (including phenoxy) is 1. The third-order valence-electron chi connectivity index (χ3n) is 3.31. The molecule has 116 valence electrons. The van der Waals surface area contributed by atoms with Crippen LogP contribution in [0.1, 0.15) is 0 Å². The van der Waals surface area contributed by atoms with Crippen molar-refractivity contribution in [1.82, 2.24) is 0 Å². The molecule has 23 heavy (non-hydrogen) atoms. The number of carbonyl (C=O) groups is 1. The van der Waals surface area contributed by atoms with Crippen molar-refractivity contribution >= 4 is 38.3 Å². The van der Waals surface area contributed by atoms with Gasteiger partial charge in [0.1, 0.15) is 11.6 Å². The number of nitrogens with one attached hydrogen (secondary N) is 1. The topological polar surface area (TPSA) is 38.3 Å². The fourth-order valence-electron chi connectivity index (χ4n) is 2.24. The lowest BCUT2D eigenvalue weighted by atomic mass is 10.1. The van der Waals surface area contributed by atoms with Gasteiger partial charge in [-0.2, -0.15) is 0 Å². The highest BCUT2D eigenvalue weighted by molar-refractivity contribution is 9.10. The number of hydrogen-bond acceptors (Lipinski definition) is 2. The lowest BCUT2D eigenvalue weighted by molar-refractivity contribution is -0.118. The van der Waals surface area contributed by atoms with Crippen molar-refractivity contribution in [2.24, 2.45) is 0 Å². The Labute approximate surface area is 141 Å². The van der Waals surface area contributed by atoms with Gasteiger partial charge in [0.15, 0.2) is 6.61 Å². The van der Waals surface area contributed by atoms with Crippen LogP contribution in [0.4, 0.5) is 10.1 Å². The van der Waals surface area contributed by atoms with Crippen LogP contribution in [0.3, 0.4) is 0 Å². The molecule has 1 amide bonds. The summed E-state index contributed by atoms with van der Waals surface area (Å²) in [5.41, 5.74) is 0.125. The van der Waals surface area contributed by atoms with Crippen molar-refractivity contribution in [3.05, 3.63) is 71.0 Å². The molecule has 5 heteroatoms. The molecule has 0 saturated heterocycles. The van der Waals surface area contributed by atoms with Gasteiger partial charge in [0.2, 0.25) is 0 Å². The van der Waals surface area contributed by atoms with Gasteiger partial charge in [0.05, 0.1) is 5.69 Å². The van der Waals surface area contributed by atoms with Crippen molar-refractivity contribution < 1.29 is 13.9 Å². The van der Waals surface area contributed by atoms with Gasteiger partial charge >= 0.3 is 0 Å². The summed E-state index contributed by atoms with van der Waals surface area (Å²) in [6.45, 7) is -0.191. The molecular weight excluding hydrogens is 361 g/mol. The predicted octanol–water partition coefficient (Wildman–Crippen LogP) is 4.76. The number of benzene rings is 3. The lowest BCUT2D eigenvalue weighted by Gasteiger charge is -2.10. The molecule has 0 aliphatic carbocycles. The van der Waals surface area contributed by atoms with Gasteiger partial charge in [-0.15, -0.1) is 0 Å². The van der Waals surface area contributed by atoms with E-state index in [0.717, 1.165) is 10.8 Å². The second-order valence-corrected chi connectivity index (χ2v) is 5.85. The first-order valence-electron chi connectivity index (χ1n) is 6.99. The highest BCUT2D eigenvalue weighted by Gasteiger charge is 2.09. The third kappa shape index (κ3) is 3.68. The number of fused-ring (bicyclic) bond motifs is 1. The Balaban J connectivity index is 1.69. The van der Waals surface area contributed by atoms with Crippen LogP contribution < -0.4 is 10.1 Å². The monoisotopic (exact) mass is 373 g/mol. The number of amides is 1. The van der Waals surface area contributed by atoms with Crippen molar-refractivity contribution in [3.8, 4) is 5.75 Å². The minimum atomic E-state index is -0.502. The summed E-state index contributed by atoms with van der Waals surface area (Å²) >= 11 is 3.17. The Kier molecular flexibility index (Phi) is 4.57. The fraction of sp³-hybridized carbons (Fsp3) is 0.0556. The van der Waals surface area contributed by atoms with E-state index in [1.165, 1.54) is 12.1 Å². The molecule has 0 aliphatic rings. The van der Waals surface area contributed by atoms with Crippen LogP contribution in [0.2, 0.25) is 0 Å². The average Bonchev–Trinajstić information content (AvgIpc) is 2.55. The second kappa shape index (κ2) is 6.79. The Bertz CT molecular complexity index is 861. The van der Waals surface area contributed by atoms with Gasteiger partial charge in [-0.3, -0.25) is 4.79 Å². The Hall–Kier alpha value is -2.40. The molecule has 3 nitrogen and oxygen atoms in total. The molecular formula is C18H13BrFNO2. The first kappa shape index (κ1) is 15.5. The van der Waals surface area contributed by atoms with Crippen molar-refractivity contribution in [2.45, 2.75) is 0 Å². The summed E-state index contributed by atoms with van der Waals surface area (Å²) in [4.78, 5) is 11.9. The third-order valence-corrected chi connectivity index (χ3v) is 3.81. The number of carbonyl (C=O) groups excluding carboxylic acids is 1. The van der Waals surface area contributed by atoms with E-state index in [1.807, 2.05) is 36.4 Å². The minimum Gasteiger partial charge on any atom is -0.483 e. The van der Waals surface area contributed by atoms with Gasteiger partial charge < -0.3 is 10.1 Å². The summed E-state index contributed by atoms with van der Waals surface area (Å²) in [6, 6.07) is 17.8. The first-order valence-corrected chi connectivity index (χ1v) is 7.78. The van der Waals surface area contributed by atoms with Crippen LogP contribution in [0.15, 0.2) is 65.1 Å². The molecule has 0 atom stereocenters. The highest BCUT2D eigenvalue weighted by Crippen LogP contribution is 2.25. The number of rotatable bonds is 4. The zero-order valence-corrected chi connectivity index (χ0v) is 13.6. The Morgan fingerprint density at radius 3 is 2.70 bits per heavy atom. The standard InChI is InChI=1S/C18H13BrFNO2/c19-13-8-9-16(15(20)10-13)21-18(22)11-23-17-7-3-5-12-4-1-2-6-14(12)17/h1-10H,11H2,(H,21,22). The second-order valence-electron chi connectivity index (χ2n) is 4.94. The molecule has 0 fully saturated rings. The first-order chi connectivity index (χ1) is 11.1. The van der Waals surface area contributed by atoms with Crippen LogP contribution in [-0.2, 0) is 4.79 Å². The number of anilines is 1. The summed E-state index contributed by atoms with van der Waals surface area (Å²) < 4.78 is 19.9. The summed E-state index contributed by atoms with van der Waals surface area (Å²) in [5, 5.41) is 4.46. The molecule has 3 aromatic rings.